The zero-order valence-electron chi connectivity index (χ0n) is 12.8. The van der Waals surface area contributed by atoms with Gasteiger partial charge in [-0.1, -0.05) is 52.4 Å². The second kappa shape index (κ2) is 6.41. The van der Waals surface area contributed by atoms with E-state index >= 15 is 0 Å². The second-order valence-corrected chi connectivity index (χ2v) is 7.64. The van der Waals surface area contributed by atoms with Gasteiger partial charge in [0.1, 0.15) is 0 Å². The first kappa shape index (κ1) is 14.4. The molecule has 0 saturated heterocycles. The summed E-state index contributed by atoms with van der Waals surface area (Å²) < 4.78 is 0. The Hall–Kier alpha value is -0.0400. The van der Waals surface area contributed by atoms with E-state index in [0.29, 0.717) is 5.41 Å². The Bertz CT molecular complexity index is 238. The van der Waals surface area contributed by atoms with Crippen LogP contribution in [0.1, 0.15) is 71.6 Å². The quantitative estimate of drug-likeness (QED) is 0.722. The summed E-state index contributed by atoms with van der Waals surface area (Å²) in [6, 6.07) is 0. The minimum atomic E-state index is 0.598. The van der Waals surface area contributed by atoms with Crippen LogP contribution in [0.4, 0.5) is 0 Å². The molecule has 1 heteroatoms. The molecule has 1 N–H and O–H groups in total. The van der Waals surface area contributed by atoms with Crippen molar-refractivity contribution in [3.8, 4) is 0 Å². The van der Waals surface area contributed by atoms with Gasteiger partial charge in [-0.3, -0.25) is 0 Å². The van der Waals surface area contributed by atoms with E-state index in [4.69, 9.17) is 0 Å². The van der Waals surface area contributed by atoms with Crippen LogP contribution < -0.4 is 5.32 Å². The maximum Gasteiger partial charge on any atom is -0.00208 e. The van der Waals surface area contributed by atoms with Crippen LogP contribution in [0.25, 0.3) is 0 Å². The highest BCUT2D eigenvalue weighted by Crippen LogP contribution is 2.47. The molecular weight excluding hydrogens is 218 g/mol. The van der Waals surface area contributed by atoms with Gasteiger partial charge in [0.2, 0.25) is 0 Å². The molecule has 0 aliphatic heterocycles. The molecule has 18 heavy (non-hydrogen) atoms. The van der Waals surface area contributed by atoms with E-state index in [0.717, 1.165) is 17.8 Å². The fourth-order valence-electron chi connectivity index (χ4n) is 4.50. The van der Waals surface area contributed by atoms with Crippen LogP contribution in [0.2, 0.25) is 0 Å². The van der Waals surface area contributed by atoms with Gasteiger partial charge in [0.05, 0.1) is 0 Å². The fourth-order valence-corrected chi connectivity index (χ4v) is 4.50. The summed E-state index contributed by atoms with van der Waals surface area (Å²) in [5, 5.41) is 3.45. The molecule has 2 rings (SSSR count). The van der Waals surface area contributed by atoms with E-state index in [1.54, 1.807) is 0 Å². The lowest BCUT2D eigenvalue weighted by Gasteiger charge is -2.44. The van der Waals surface area contributed by atoms with E-state index in [9.17, 15) is 0 Å². The van der Waals surface area contributed by atoms with Crippen LogP contribution in [0, 0.1) is 23.2 Å². The third-order valence-electron chi connectivity index (χ3n) is 5.56. The van der Waals surface area contributed by atoms with Gasteiger partial charge in [-0.15, -0.1) is 0 Å². The Labute approximate surface area is 114 Å². The maximum absolute atomic E-state index is 3.45. The van der Waals surface area contributed by atoms with Crippen LogP contribution in [-0.4, -0.2) is 13.6 Å². The van der Waals surface area contributed by atoms with Gasteiger partial charge in [0.25, 0.3) is 0 Å². The summed E-state index contributed by atoms with van der Waals surface area (Å²) in [5.41, 5.74) is 0.598. The van der Waals surface area contributed by atoms with Gasteiger partial charge in [-0.2, -0.15) is 0 Å². The van der Waals surface area contributed by atoms with Crippen molar-refractivity contribution >= 4 is 0 Å². The number of hydrogen-bond acceptors (Lipinski definition) is 1. The summed E-state index contributed by atoms with van der Waals surface area (Å²) in [6.45, 7) is 6.23. The molecule has 106 valence electrons. The average Bonchev–Trinajstić information content (AvgIpc) is 2.60. The van der Waals surface area contributed by atoms with Gasteiger partial charge in [-0.05, 0) is 56.0 Å². The highest BCUT2D eigenvalue weighted by molar-refractivity contribution is 4.89. The summed E-state index contributed by atoms with van der Waals surface area (Å²) in [6.07, 6.45) is 13.4. The first-order valence-corrected chi connectivity index (χ1v) is 8.27. The van der Waals surface area contributed by atoms with Gasteiger partial charge in [0.15, 0.2) is 0 Å². The molecule has 2 atom stereocenters. The first-order valence-electron chi connectivity index (χ1n) is 8.27. The van der Waals surface area contributed by atoms with Crippen LogP contribution >= 0.6 is 0 Å². The Morgan fingerprint density at radius 3 is 2.28 bits per heavy atom. The van der Waals surface area contributed by atoms with Crippen LogP contribution in [-0.2, 0) is 0 Å². The SMILES string of the molecule is CNCC1CCC(C)(C)CC1C1CCCCCC1. The third kappa shape index (κ3) is 3.73. The van der Waals surface area contributed by atoms with Crippen molar-refractivity contribution in [2.75, 3.05) is 13.6 Å². The zero-order valence-corrected chi connectivity index (χ0v) is 12.8. The van der Waals surface area contributed by atoms with Gasteiger partial charge in [-0.25, -0.2) is 0 Å². The smallest absolute Gasteiger partial charge is 0.00208 e. The molecule has 0 spiro atoms. The fraction of sp³-hybridized carbons (Fsp3) is 1.00. The van der Waals surface area contributed by atoms with E-state index in [1.807, 2.05) is 0 Å². The van der Waals surface area contributed by atoms with E-state index in [2.05, 4.69) is 26.2 Å². The van der Waals surface area contributed by atoms with Gasteiger partial charge in [0, 0.05) is 0 Å². The maximum atomic E-state index is 3.45. The second-order valence-electron chi connectivity index (χ2n) is 7.64. The number of nitrogens with one attached hydrogen (secondary N) is 1. The third-order valence-corrected chi connectivity index (χ3v) is 5.56. The molecule has 2 fully saturated rings. The van der Waals surface area contributed by atoms with Crippen molar-refractivity contribution in [3.63, 3.8) is 0 Å². The van der Waals surface area contributed by atoms with Crippen LogP contribution in [0.3, 0.4) is 0 Å². The molecule has 1 nitrogen and oxygen atoms in total. The zero-order chi connectivity index (χ0) is 13.0. The van der Waals surface area contributed by atoms with Crippen molar-refractivity contribution in [1.29, 1.82) is 0 Å². The van der Waals surface area contributed by atoms with Gasteiger partial charge >= 0.3 is 0 Å². The molecular formula is C17H33N. The minimum Gasteiger partial charge on any atom is -0.319 e. The lowest BCUT2D eigenvalue weighted by atomic mass is 9.62. The molecule has 0 bridgehead atoms. The van der Waals surface area contributed by atoms with Crippen molar-refractivity contribution < 1.29 is 0 Å². The summed E-state index contributed by atoms with van der Waals surface area (Å²) in [5.74, 6) is 2.98. The van der Waals surface area contributed by atoms with Crippen molar-refractivity contribution in [2.45, 2.75) is 71.6 Å². The molecule has 2 aliphatic rings. The molecule has 0 amide bonds. The predicted octanol–water partition coefficient (Wildman–Crippen LogP) is 4.62. The normalized spacial score (nSPS) is 34.2. The Kier molecular flexibility index (Phi) is 5.12. The lowest BCUT2D eigenvalue weighted by Crippen LogP contribution is -2.38. The lowest BCUT2D eigenvalue weighted by molar-refractivity contribution is 0.0675. The molecule has 2 saturated carbocycles. The van der Waals surface area contributed by atoms with Crippen molar-refractivity contribution in [3.05, 3.63) is 0 Å². The largest absolute Gasteiger partial charge is 0.319 e. The summed E-state index contributed by atoms with van der Waals surface area (Å²) >= 11 is 0. The van der Waals surface area contributed by atoms with Crippen molar-refractivity contribution in [1.82, 2.24) is 5.32 Å². The molecule has 0 aromatic carbocycles. The number of rotatable bonds is 3. The Morgan fingerprint density at radius 2 is 1.67 bits per heavy atom. The minimum absolute atomic E-state index is 0.598. The number of hydrogen-bond donors (Lipinski definition) is 1. The van der Waals surface area contributed by atoms with Crippen LogP contribution in [0.5, 0.6) is 0 Å². The van der Waals surface area contributed by atoms with Crippen LogP contribution in [0.15, 0.2) is 0 Å². The highest BCUT2D eigenvalue weighted by Gasteiger charge is 2.38. The monoisotopic (exact) mass is 251 g/mol. The molecule has 2 aliphatic carbocycles. The molecule has 0 heterocycles. The Morgan fingerprint density at radius 1 is 1.00 bits per heavy atom. The van der Waals surface area contributed by atoms with Gasteiger partial charge < -0.3 is 5.32 Å². The van der Waals surface area contributed by atoms with E-state index < -0.39 is 0 Å². The topological polar surface area (TPSA) is 12.0 Å². The predicted molar refractivity (Wildman–Crippen MR) is 79.7 cm³/mol. The molecule has 0 radical (unpaired) electrons. The summed E-state index contributed by atoms with van der Waals surface area (Å²) in [7, 11) is 2.13. The summed E-state index contributed by atoms with van der Waals surface area (Å²) in [4.78, 5) is 0. The molecule has 0 aromatic rings. The Balaban J connectivity index is 2.02. The highest BCUT2D eigenvalue weighted by atomic mass is 14.8. The molecule has 2 unspecified atom stereocenters. The molecule has 0 aromatic heterocycles. The van der Waals surface area contributed by atoms with E-state index in [1.165, 1.54) is 64.3 Å². The first-order chi connectivity index (χ1) is 8.62. The van der Waals surface area contributed by atoms with Crippen molar-refractivity contribution in [2.24, 2.45) is 23.2 Å². The average molecular weight is 251 g/mol. The van der Waals surface area contributed by atoms with E-state index in [-0.39, 0.29) is 0 Å². The standard InChI is InChI=1S/C17H33N/c1-17(2)11-10-15(13-18-3)16(12-17)14-8-6-4-5-7-9-14/h14-16,18H,4-13H2,1-3H3.